The van der Waals surface area contributed by atoms with Crippen molar-refractivity contribution in [1.29, 1.82) is 0 Å². The number of hydrogen-bond donors (Lipinski definition) is 4. The smallest absolute Gasteiger partial charge is 0.318 e. The molecule has 1 atom stereocenters. The van der Waals surface area contributed by atoms with Crippen LogP contribution in [0.3, 0.4) is 0 Å². The maximum absolute atomic E-state index is 13.6. The lowest BCUT2D eigenvalue weighted by molar-refractivity contribution is -0.121. The van der Waals surface area contributed by atoms with Gasteiger partial charge in [-0.2, -0.15) is 5.10 Å². The van der Waals surface area contributed by atoms with Gasteiger partial charge in [0.25, 0.3) is 0 Å². The molecule has 37 heavy (non-hydrogen) atoms. The number of rotatable bonds is 7. The van der Waals surface area contributed by atoms with Crippen molar-refractivity contribution < 1.29 is 19.1 Å². The van der Waals surface area contributed by atoms with Crippen LogP contribution in [0.1, 0.15) is 76.2 Å². The fourth-order valence-electron chi connectivity index (χ4n) is 5.69. The predicted molar refractivity (Wildman–Crippen MR) is 144 cm³/mol. The van der Waals surface area contributed by atoms with Gasteiger partial charge in [0.2, 0.25) is 5.91 Å². The molecular formula is C27H40FN5O3Si. The number of benzene rings is 1. The highest BCUT2D eigenvalue weighted by Crippen LogP contribution is 2.56. The summed E-state index contributed by atoms with van der Waals surface area (Å²) in [4.78, 5) is 28.7. The van der Waals surface area contributed by atoms with Gasteiger partial charge < -0.3 is 20.6 Å². The molecule has 10 heteroatoms. The molecule has 1 aliphatic carbocycles. The summed E-state index contributed by atoms with van der Waals surface area (Å²) in [6, 6.07) is 5.10. The number of nitrogens with zero attached hydrogens (tertiary/aromatic N) is 2. The Labute approximate surface area is 219 Å². The number of aromatic amines is 1. The van der Waals surface area contributed by atoms with Crippen LogP contribution in [0, 0.1) is 5.82 Å². The highest BCUT2D eigenvalue weighted by molar-refractivity contribution is 6.83. The Morgan fingerprint density at radius 3 is 2.35 bits per heavy atom. The number of halogens is 1. The number of nitrogens with one attached hydrogen (secondary N) is 3. The van der Waals surface area contributed by atoms with Gasteiger partial charge >= 0.3 is 6.03 Å². The number of H-pyrrole nitrogens is 1. The minimum atomic E-state index is -1.75. The van der Waals surface area contributed by atoms with Crippen LogP contribution in [0.15, 0.2) is 24.3 Å². The van der Waals surface area contributed by atoms with Crippen LogP contribution < -0.4 is 10.6 Å². The number of anilines is 1. The summed E-state index contributed by atoms with van der Waals surface area (Å²) >= 11 is 0. The molecule has 4 rings (SSSR count). The molecule has 0 radical (unpaired) electrons. The zero-order valence-corrected chi connectivity index (χ0v) is 24.0. The molecule has 2 heterocycles. The Hall–Kier alpha value is -2.72. The average molecular weight is 530 g/mol. The van der Waals surface area contributed by atoms with Crippen molar-refractivity contribution in [3.63, 3.8) is 0 Å². The molecule has 0 spiro atoms. The number of hydrogen-bond acceptors (Lipinski definition) is 4. The van der Waals surface area contributed by atoms with Gasteiger partial charge in [0.1, 0.15) is 5.82 Å². The van der Waals surface area contributed by atoms with E-state index >= 15 is 0 Å². The van der Waals surface area contributed by atoms with Crippen molar-refractivity contribution in [3.05, 3.63) is 46.9 Å². The molecule has 1 unspecified atom stereocenters. The van der Waals surface area contributed by atoms with Crippen LogP contribution in [-0.4, -0.2) is 45.8 Å². The number of carbonyl (C=O) groups is 2. The van der Waals surface area contributed by atoms with E-state index in [1.165, 1.54) is 12.1 Å². The van der Waals surface area contributed by atoms with Gasteiger partial charge in [0, 0.05) is 17.0 Å². The third-order valence-corrected chi connectivity index (χ3v) is 11.9. The minimum absolute atomic E-state index is 0.0366. The second kappa shape index (κ2) is 9.23. The molecule has 1 fully saturated rings. The Kier molecular flexibility index (Phi) is 6.82. The van der Waals surface area contributed by atoms with Crippen molar-refractivity contribution >= 4 is 25.8 Å². The van der Waals surface area contributed by atoms with E-state index in [1.54, 1.807) is 30.9 Å². The second-order valence-electron chi connectivity index (χ2n) is 12.8. The SMILES string of the molecule is CC(C)(O)CC(NC(=O)N1Cc2c(NC(=O)C3([Si](C)(C)C)CCC3)n[nH]c2C1(C)C)c1ccc(F)cc1. The summed E-state index contributed by atoms with van der Waals surface area (Å²) in [6.45, 7) is 14.2. The predicted octanol–water partition coefficient (Wildman–Crippen LogP) is 5.41. The number of aromatic nitrogens is 2. The Bertz CT molecular complexity index is 1180. The lowest BCUT2D eigenvalue weighted by atomic mass is 9.83. The van der Waals surface area contributed by atoms with Crippen LogP contribution in [0.4, 0.5) is 15.0 Å². The zero-order chi connectivity index (χ0) is 27.4. The highest BCUT2D eigenvalue weighted by Gasteiger charge is 2.54. The Morgan fingerprint density at radius 2 is 1.84 bits per heavy atom. The van der Waals surface area contributed by atoms with Gasteiger partial charge in [-0.15, -0.1) is 0 Å². The van der Waals surface area contributed by atoms with Crippen LogP contribution in [0.5, 0.6) is 0 Å². The summed E-state index contributed by atoms with van der Waals surface area (Å²) in [5.74, 6) is 0.157. The number of amides is 3. The van der Waals surface area contributed by atoms with Gasteiger partial charge in [-0.3, -0.25) is 9.89 Å². The van der Waals surface area contributed by atoms with Crippen LogP contribution in [0.2, 0.25) is 24.7 Å². The third-order valence-electron chi connectivity index (χ3n) is 8.30. The normalized spacial score (nSPS) is 19.1. The van der Waals surface area contributed by atoms with E-state index in [1.807, 2.05) is 13.8 Å². The molecule has 1 saturated carbocycles. The number of carbonyl (C=O) groups excluding carboxylic acids is 2. The molecular weight excluding hydrogens is 489 g/mol. The van der Waals surface area contributed by atoms with E-state index in [2.05, 4.69) is 40.5 Å². The summed E-state index contributed by atoms with van der Waals surface area (Å²) in [7, 11) is -1.75. The van der Waals surface area contributed by atoms with E-state index in [4.69, 9.17) is 0 Å². The van der Waals surface area contributed by atoms with Gasteiger partial charge in [0.05, 0.1) is 37.5 Å². The van der Waals surface area contributed by atoms with E-state index in [-0.39, 0.29) is 35.8 Å². The second-order valence-corrected chi connectivity index (χ2v) is 18.2. The highest BCUT2D eigenvalue weighted by atomic mass is 28.3. The van der Waals surface area contributed by atoms with Gasteiger partial charge in [0.15, 0.2) is 5.82 Å². The first-order valence-electron chi connectivity index (χ1n) is 13.0. The lowest BCUT2D eigenvalue weighted by Crippen LogP contribution is -2.52. The molecule has 3 amide bonds. The lowest BCUT2D eigenvalue weighted by Gasteiger charge is -2.48. The molecule has 8 nitrogen and oxygen atoms in total. The largest absolute Gasteiger partial charge is 0.390 e. The van der Waals surface area contributed by atoms with Crippen LogP contribution in [0.25, 0.3) is 0 Å². The van der Waals surface area contributed by atoms with Crippen molar-refractivity contribution in [2.24, 2.45) is 0 Å². The molecule has 1 aromatic carbocycles. The fourth-order valence-corrected chi connectivity index (χ4v) is 8.29. The summed E-state index contributed by atoms with van der Waals surface area (Å²) in [5.41, 5.74) is 0.546. The number of fused-ring (bicyclic) bond motifs is 1. The molecule has 1 aliphatic heterocycles. The van der Waals surface area contributed by atoms with Crippen molar-refractivity contribution in [3.8, 4) is 0 Å². The Balaban J connectivity index is 1.54. The molecule has 0 bridgehead atoms. The van der Waals surface area contributed by atoms with Crippen molar-refractivity contribution in [2.75, 3.05) is 5.32 Å². The maximum atomic E-state index is 13.6. The van der Waals surface area contributed by atoms with Gasteiger partial charge in [-0.25, -0.2) is 9.18 Å². The molecule has 2 aromatic rings. The quantitative estimate of drug-likeness (QED) is 0.359. The van der Waals surface area contributed by atoms with Gasteiger partial charge in [-0.05, 0) is 58.2 Å². The first-order chi connectivity index (χ1) is 17.0. The monoisotopic (exact) mass is 529 g/mol. The number of urea groups is 1. The first kappa shape index (κ1) is 27.3. The molecule has 202 valence electrons. The van der Waals surface area contributed by atoms with E-state index in [0.29, 0.717) is 11.4 Å². The summed E-state index contributed by atoms with van der Waals surface area (Å²) in [5, 5.41) is 23.8. The third kappa shape index (κ3) is 5.05. The molecule has 2 aliphatic rings. The van der Waals surface area contributed by atoms with E-state index in [0.717, 1.165) is 30.5 Å². The average Bonchev–Trinajstić information content (AvgIpc) is 3.23. The van der Waals surface area contributed by atoms with E-state index < -0.39 is 25.3 Å². The maximum Gasteiger partial charge on any atom is 0.318 e. The van der Waals surface area contributed by atoms with Crippen molar-refractivity contribution in [1.82, 2.24) is 20.4 Å². The summed E-state index contributed by atoms with van der Waals surface area (Å²) < 4.78 is 13.5. The number of aliphatic hydroxyl groups is 1. The first-order valence-corrected chi connectivity index (χ1v) is 16.5. The van der Waals surface area contributed by atoms with Gasteiger partial charge in [-0.1, -0.05) is 38.2 Å². The molecule has 0 saturated heterocycles. The molecule has 1 aromatic heterocycles. The van der Waals surface area contributed by atoms with Crippen molar-refractivity contribution in [2.45, 2.75) is 102 Å². The molecule has 4 N–H and O–H groups in total. The minimum Gasteiger partial charge on any atom is -0.390 e. The summed E-state index contributed by atoms with van der Waals surface area (Å²) in [6.07, 6.45) is 3.14. The fraction of sp³-hybridized carbons (Fsp3) is 0.593. The van der Waals surface area contributed by atoms with E-state index in [9.17, 15) is 19.1 Å². The van der Waals surface area contributed by atoms with Crippen LogP contribution in [-0.2, 0) is 16.9 Å². The standard InChI is InChI=1S/C27H40FN5O3Si/c1-25(2,36)15-20(17-9-11-18(28)12-10-17)29-24(35)33-16-19-21(26(33,3)4)31-32-22(19)30-23(34)27(13-8-14-27)37(5,6)7/h9-12,20,36H,8,13-16H2,1-7H3,(H,29,35)(H2,30,31,32,34). The zero-order valence-electron chi connectivity index (χ0n) is 23.0. The topological polar surface area (TPSA) is 110 Å². The van der Waals surface area contributed by atoms with Crippen LogP contribution >= 0.6 is 0 Å². The Morgan fingerprint density at radius 1 is 1.22 bits per heavy atom.